The van der Waals surface area contributed by atoms with Crippen LogP contribution in [0.5, 0.6) is 0 Å². The number of nitrogens with zero attached hydrogens (tertiary/aromatic N) is 3. The van der Waals surface area contributed by atoms with Crippen molar-refractivity contribution in [2.45, 2.75) is 56.6 Å². The molecule has 2 aliphatic rings. The van der Waals surface area contributed by atoms with E-state index in [2.05, 4.69) is 20.2 Å². The lowest BCUT2D eigenvalue weighted by molar-refractivity contribution is 0.00852. The van der Waals surface area contributed by atoms with E-state index in [9.17, 15) is 5.11 Å². The van der Waals surface area contributed by atoms with E-state index < -0.39 is 0 Å². The number of aliphatic hydroxyl groups excluding tert-OH is 1. The van der Waals surface area contributed by atoms with Crippen molar-refractivity contribution < 1.29 is 5.11 Å². The van der Waals surface area contributed by atoms with Crippen LogP contribution >= 0.6 is 0 Å². The zero-order valence-electron chi connectivity index (χ0n) is 12.8. The molecule has 1 aliphatic carbocycles. The molecular weight excluding hydrogens is 264 g/mol. The van der Waals surface area contributed by atoms with Crippen LogP contribution in [0.25, 0.3) is 0 Å². The Bertz CT molecular complexity index is 459. The highest BCUT2D eigenvalue weighted by molar-refractivity contribution is 5.31. The van der Waals surface area contributed by atoms with E-state index in [4.69, 9.17) is 0 Å². The third kappa shape index (κ3) is 3.35. The molecule has 5 nitrogen and oxygen atoms in total. The molecule has 0 radical (unpaired) electrons. The summed E-state index contributed by atoms with van der Waals surface area (Å²) in [6, 6.07) is 0.384. The van der Waals surface area contributed by atoms with Gasteiger partial charge in [0, 0.05) is 25.2 Å². The van der Waals surface area contributed by atoms with Crippen LogP contribution in [0, 0.1) is 0 Å². The van der Waals surface area contributed by atoms with Crippen LogP contribution in [0.4, 0.5) is 5.82 Å². The highest BCUT2D eigenvalue weighted by Gasteiger charge is 2.32. The minimum absolute atomic E-state index is 0.122. The topological polar surface area (TPSA) is 61.3 Å². The molecule has 1 aromatic rings. The minimum atomic E-state index is -0.122. The Labute approximate surface area is 126 Å². The van der Waals surface area contributed by atoms with E-state index in [1.807, 2.05) is 13.2 Å². The summed E-state index contributed by atoms with van der Waals surface area (Å²) in [6.45, 7) is 2.13. The third-order valence-electron chi connectivity index (χ3n) is 5.02. The number of anilines is 1. The highest BCUT2D eigenvalue weighted by Crippen LogP contribution is 2.31. The maximum Gasteiger partial charge on any atom is 0.144 e. The molecule has 2 heterocycles. The summed E-state index contributed by atoms with van der Waals surface area (Å²) in [7, 11) is 1.88. The van der Waals surface area contributed by atoms with Crippen LogP contribution < -0.4 is 5.32 Å². The molecule has 1 aromatic heterocycles. The van der Waals surface area contributed by atoms with Crippen molar-refractivity contribution in [3.63, 3.8) is 0 Å². The van der Waals surface area contributed by atoms with Crippen LogP contribution in [0.3, 0.4) is 0 Å². The van der Waals surface area contributed by atoms with Gasteiger partial charge in [-0.05, 0) is 38.8 Å². The Hall–Kier alpha value is -1.20. The fraction of sp³-hybridized carbons (Fsp3) is 0.750. The first-order valence-electron chi connectivity index (χ1n) is 8.19. The van der Waals surface area contributed by atoms with Gasteiger partial charge in [-0.3, -0.25) is 9.88 Å². The average Bonchev–Trinajstić information content (AvgIpc) is 2.56. The Morgan fingerprint density at radius 1 is 1.14 bits per heavy atom. The van der Waals surface area contributed by atoms with Gasteiger partial charge in [0.25, 0.3) is 0 Å². The smallest absolute Gasteiger partial charge is 0.144 e. The van der Waals surface area contributed by atoms with E-state index in [0.717, 1.165) is 50.3 Å². The lowest BCUT2D eigenvalue weighted by atomic mass is 9.87. The van der Waals surface area contributed by atoms with E-state index in [0.29, 0.717) is 12.0 Å². The van der Waals surface area contributed by atoms with Crippen molar-refractivity contribution in [1.82, 2.24) is 14.9 Å². The molecule has 1 aliphatic heterocycles. The van der Waals surface area contributed by atoms with E-state index in [-0.39, 0.29) is 6.10 Å². The number of aliphatic hydroxyl groups is 1. The van der Waals surface area contributed by atoms with Crippen LogP contribution in [-0.4, -0.2) is 52.3 Å². The highest BCUT2D eigenvalue weighted by atomic mass is 16.3. The molecule has 0 bridgehead atoms. The van der Waals surface area contributed by atoms with Gasteiger partial charge < -0.3 is 10.4 Å². The fourth-order valence-corrected chi connectivity index (χ4v) is 3.74. The quantitative estimate of drug-likeness (QED) is 0.891. The molecule has 2 N–H and O–H groups in total. The average molecular weight is 290 g/mol. The standard InChI is InChI=1S/C16H26N4O/c1-17-16-11-18-10-13(19-16)12-6-8-20(9-7-12)14-4-2-3-5-15(14)21/h10-12,14-15,21H,2-9H2,1H3,(H,17,19)/t14-,15+/m1/s1. The first kappa shape index (κ1) is 14.7. The monoisotopic (exact) mass is 290 g/mol. The van der Waals surface area contributed by atoms with Gasteiger partial charge in [-0.1, -0.05) is 12.8 Å². The van der Waals surface area contributed by atoms with Crippen LogP contribution in [-0.2, 0) is 0 Å². The molecule has 0 amide bonds. The molecule has 2 fully saturated rings. The number of piperidine rings is 1. The van der Waals surface area contributed by atoms with Gasteiger partial charge in [0.05, 0.1) is 18.0 Å². The van der Waals surface area contributed by atoms with E-state index in [1.54, 1.807) is 6.20 Å². The van der Waals surface area contributed by atoms with Crippen molar-refractivity contribution in [3.05, 3.63) is 18.1 Å². The number of hydrogen-bond acceptors (Lipinski definition) is 5. The number of likely N-dealkylation sites (tertiary alicyclic amines) is 1. The van der Waals surface area contributed by atoms with Crippen molar-refractivity contribution in [2.75, 3.05) is 25.5 Å². The molecule has 0 unspecified atom stereocenters. The zero-order valence-corrected chi connectivity index (χ0v) is 12.8. The van der Waals surface area contributed by atoms with E-state index >= 15 is 0 Å². The van der Waals surface area contributed by atoms with Gasteiger partial charge in [-0.2, -0.15) is 0 Å². The van der Waals surface area contributed by atoms with Crippen LogP contribution in [0.1, 0.15) is 50.1 Å². The van der Waals surface area contributed by atoms with Gasteiger partial charge in [0.1, 0.15) is 5.82 Å². The van der Waals surface area contributed by atoms with E-state index in [1.165, 1.54) is 12.8 Å². The van der Waals surface area contributed by atoms with Crippen LogP contribution in [0.2, 0.25) is 0 Å². The predicted octanol–water partition coefficient (Wildman–Crippen LogP) is 2.00. The Morgan fingerprint density at radius 2 is 1.90 bits per heavy atom. The van der Waals surface area contributed by atoms with Gasteiger partial charge in [-0.25, -0.2) is 4.98 Å². The van der Waals surface area contributed by atoms with Gasteiger partial charge in [0.15, 0.2) is 0 Å². The second-order valence-electron chi connectivity index (χ2n) is 6.31. The first-order chi connectivity index (χ1) is 10.3. The lowest BCUT2D eigenvalue weighted by Crippen LogP contribution is -2.48. The second kappa shape index (κ2) is 6.71. The molecule has 1 saturated carbocycles. The van der Waals surface area contributed by atoms with Gasteiger partial charge in [-0.15, -0.1) is 0 Å². The summed E-state index contributed by atoms with van der Waals surface area (Å²) < 4.78 is 0. The van der Waals surface area contributed by atoms with Crippen LogP contribution in [0.15, 0.2) is 12.4 Å². The number of nitrogens with one attached hydrogen (secondary N) is 1. The molecule has 2 atom stereocenters. The molecule has 5 heteroatoms. The Kier molecular flexibility index (Phi) is 4.70. The second-order valence-corrected chi connectivity index (χ2v) is 6.31. The maximum absolute atomic E-state index is 10.2. The summed E-state index contributed by atoms with van der Waals surface area (Å²) in [4.78, 5) is 11.4. The fourth-order valence-electron chi connectivity index (χ4n) is 3.74. The summed E-state index contributed by atoms with van der Waals surface area (Å²) in [5.74, 6) is 1.35. The summed E-state index contributed by atoms with van der Waals surface area (Å²) in [6.07, 6.45) is 10.3. The predicted molar refractivity (Wildman–Crippen MR) is 83.4 cm³/mol. The third-order valence-corrected chi connectivity index (χ3v) is 5.02. The molecule has 0 aromatic carbocycles. The van der Waals surface area contributed by atoms with Crippen molar-refractivity contribution in [1.29, 1.82) is 0 Å². The summed E-state index contributed by atoms with van der Waals surface area (Å²) >= 11 is 0. The van der Waals surface area contributed by atoms with Crippen molar-refractivity contribution >= 4 is 5.82 Å². The Balaban J connectivity index is 1.59. The molecule has 21 heavy (non-hydrogen) atoms. The normalized spacial score (nSPS) is 28.5. The molecule has 116 valence electrons. The summed E-state index contributed by atoms with van der Waals surface area (Å²) in [5, 5.41) is 13.3. The van der Waals surface area contributed by atoms with Gasteiger partial charge in [0.2, 0.25) is 0 Å². The Morgan fingerprint density at radius 3 is 2.62 bits per heavy atom. The molecular formula is C16H26N4O. The molecule has 3 rings (SSSR count). The van der Waals surface area contributed by atoms with Crippen molar-refractivity contribution in [3.8, 4) is 0 Å². The first-order valence-corrected chi connectivity index (χ1v) is 8.19. The number of aromatic nitrogens is 2. The molecule has 1 saturated heterocycles. The lowest BCUT2D eigenvalue weighted by Gasteiger charge is -2.41. The number of rotatable bonds is 3. The van der Waals surface area contributed by atoms with Crippen molar-refractivity contribution in [2.24, 2.45) is 0 Å². The summed E-state index contributed by atoms with van der Waals surface area (Å²) in [5.41, 5.74) is 1.10. The van der Waals surface area contributed by atoms with Gasteiger partial charge >= 0.3 is 0 Å². The SMILES string of the molecule is CNc1cncc(C2CCN([C@@H]3CCCC[C@@H]3O)CC2)n1. The molecule has 0 spiro atoms. The minimum Gasteiger partial charge on any atom is -0.391 e. The zero-order chi connectivity index (χ0) is 14.7. The largest absolute Gasteiger partial charge is 0.391 e. The number of hydrogen-bond donors (Lipinski definition) is 2. The maximum atomic E-state index is 10.2.